The summed E-state index contributed by atoms with van der Waals surface area (Å²) >= 11 is 3.51. The fourth-order valence-corrected chi connectivity index (χ4v) is 2.85. The maximum atomic E-state index is 11.6. The first-order chi connectivity index (χ1) is 9.22. The number of ether oxygens (including phenoxy) is 1. The van der Waals surface area contributed by atoms with Gasteiger partial charge in [-0.2, -0.15) is 0 Å². The molecular formula is C14H17BrN2O2. The Morgan fingerprint density at radius 1 is 1.42 bits per heavy atom. The van der Waals surface area contributed by atoms with Crippen molar-refractivity contribution in [3.8, 4) is 5.75 Å². The van der Waals surface area contributed by atoms with Crippen molar-refractivity contribution in [2.45, 2.75) is 31.8 Å². The largest absolute Gasteiger partial charge is 0.493 e. The van der Waals surface area contributed by atoms with Gasteiger partial charge in [-0.1, -0.05) is 15.9 Å². The van der Waals surface area contributed by atoms with E-state index in [2.05, 4.69) is 38.7 Å². The molecule has 0 bridgehead atoms. The fraction of sp³-hybridized carbons (Fsp3) is 0.500. The molecule has 1 heterocycles. The summed E-state index contributed by atoms with van der Waals surface area (Å²) in [7, 11) is 0. The van der Waals surface area contributed by atoms with Gasteiger partial charge in [-0.05, 0) is 30.5 Å². The summed E-state index contributed by atoms with van der Waals surface area (Å²) in [6.45, 7) is 1.76. The zero-order valence-corrected chi connectivity index (χ0v) is 12.3. The molecule has 0 spiro atoms. The molecule has 2 N–H and O–H groups in total. The van der Waals surface area contributed by atoms with Gasteiger partial charge in [0.15, 0.2) is 0 Å². The molecule has 102 valence electrons. The lowest BCUT2D eigenvalue weighted by molar-refractivity contribution is -0.120. The first-order valence-corrected chi connectivity index (χ1v) is 7.46. The van der Waals surface area contributed by atoms with Crippen molar-refractivity contribution in [2.24, 2.45) is 0 Å². The summed E-state index contributed by atoms with van der Waals surface area (Å²) in [5.41, 5.74) is 2.36. The number of hydrogen-bond donors (Lipinski definition) is 2. The molecule has 1 saturated carbocycles. The highest BCUT2D eigenvalue weighted by molar-refractivity contribution is 9.10. The second-order valence-corrected chi connectivity index (χ2v) is 6.01. The highest BCUT2D eigenvalue weighted by atomic mass is 79.9. The van der Waals surface area contributed by atoms with Crippen LogP contribution in [0.1, 0.15) is 24.0 Å². The van der Waals surface area contributed by atoms with Crippen LogP contribution in [-0.2, 0) is 17.8 Å². The summed E-state index contributed by atoms with van der Waals surface area (Å²) in [5, 5.41) is 6.14. The van der Waals surface area contributed by atoms with Gasteiger partial charge in [0.25, 0.3) is 0 Å². The first-order valence-electron chi connectivity index (χ1n) is 6.66. The summed E-state index contributed by atoms with van der Waals surface area (Å²) in [4.78, 5) is 11.6. The van der Waals surface area contributed by atoms with E-state index in [9.17, 15) is 4.79 Å². The molecular weight excluding hydrogens is 308 g/mol. The molecule has 1 fully saturated rings. The summed E-state index contributed by atoms with van der Waals surface area (Å²) < 4.78 is 6.72. The van der Waals surface area contributed by atoms with Gasteiger partial charge in [-0.15, -0.1) is 0 Å². The molecule has 0 saturated heterocycles. The molecule has 4 nitrogen and oxygen atoms in total. The van der Waals surface area contributed by atoms with Crippen LogP contribution in [0.3, 0.4) is 0 Å². The lowest BCUT2D eigenvalue weighted by atomic mass is 10.1. The number of benzene rings is 1. The van der Waals surface area contributed by atoms with Gasteiger partial charge >= 0.3 is 0 Å². The second-order valence-electron chi connectivity index (χ2n) is 5.10. The van der Waals surface area contributed by atoms with Crippen LogP contribution in [0, 0.1) is 0 Å². The predicted molar refractivity (Wildman–Crippen MR) is 76.2 cm³/mol. The van der Waals surface area contributed by atoms with Gasteiger partial charge < -0.3 is 15.4 Å². The number of fused-ring (bicyclic) bond motifs is 1. The van der Waals surface area contributed by atoms with Crippen LogP contribution < -0.4 is 15.4 Å². The van der Waals surface area contributed by atoms with E-state index in [-0.39, 0.29) is 5.91 Å². The van der Waals surface area contributed by atoms with Crippen molar-refractivity contribution in [3.63, 3.8) is 0 Å². The third-order valence-electron chi connectivity index (χ3n) is 3.37. The van der Waals surface area contributed by atoms with Crippen molar-refractivity contribution in [1.29, 1.82) is 0 Å². The highest BCUT2D eigenvalue weighted by Gasteiger charge is 2.23. The Balaban J connectivity index is 1.56. The van der Waals surface area contributed by atoms with Gasteiger partial charge in [-0.25, -0.2) is 0 Å². The van der Waals surface area contributed by atoms with Crippen LogP contribution in [-0.4, -0.2) is 25.1 Å². The van der Waals surface area contributed by atoms with Crippen molar-refractivity contribution in [2.75, 3.05) is 13.2 Å². The Bertz CT molecular complexity index is 500. The molecule has 1 aromatic rings. The van der Waals surface area contributed by atoms with Crippen LogP contribution >= 0.6 is 15.9 Å². The summed E-state index contributed by atoms with van der Waals surface area (Å²) in [6, 6.07) is 4.58. The highest BCUT2D eigenvalue weighted by Crippen LogP contribution is 2.32. The van der Waals surface area contributed by atoms with E-state index < -0.39 is 0 Å². The topological polar surface area (TPSA) is 50.4 Å². The number of rotatable bonds is 5. The van der Waals surface area contributed by atoms with E-state index >= 15 is 0 Å². The van der Waals surface area contributed by atoms with E-state index in [1.807, 2.05) is 0 Å². The second kappa shape index (κ2) is 5.51. The van der Waals surface area contributed by atoms with Crippen molar-refractivity contribution in [3.05, 3.63) is 27.7 Å². The quantitative estimate of drug-likeness (QED) is 0.867. The number of amides is 1. The monoisotopic (exact) mass is 324 g/mol. The molecule has 0 radical (unpaired) electrons. The lowest BCUT2D eigenvalue weighted by Gasteiger charge is -2.10. The minimum Gasteiger partial charge on any atom is -0.493 e. The molecule has 1 aromatic carbocycles. The molecule has 19 heavy (non-hydrogen) atoms. The average Bonchev–Trinajstić information content (AvgIpc) is 3.04. The number of halogens is 1. The van der Waals surface area contributed by atoms with Crippen LogP contribution in [0.15, 0.2) is 16.6 Å². The van der Waals surface area contributed by atoms with Crippen LogP contribution in [0.25, 0.3) is 0 Å². The molecule has 3 rings (SSSR count). The average molecular weight is 325 g/mol. The summed E-state index contributed by atoms with van der Waals surface area (Å²) in [6.07, 6.45) is 3.21. The zero-order valence-electron chi connectivity index (χ0n) is 10.7. The third kappa shape index (κ3) is 3.28. The number of carbonyl (C=O) groups is 1. The Morgan fingerprint density at radius 2 is 2.26 bits per heavy atom. The zero-order chi connectivity index (χ0) is 13.2. The van der Waals surface area contributed by atoms with Crippen molar-refractivity contribution < 1.29 is 9.53 Å². The normalized spacial score (nSPS) is 16.9. The molecule has 1 aliphatic carbocycles. The molecule has 0 unspecified atom stereocenters. The maximum absolute atomic E-state index is 11.6. The molecule has 0 atom stereocenters. The van der Waals surface area contributed by atoms with Crippen molar-refractivity contribution in [1.82, 2.24) is 10.6 Å². The van der Waals surface area contributed by atoms with E-state index in [4.69, 9.17) is 4.74 Å². The minimum atomic E-state index is 0.0788. The van der Waals surface area contributed by atoms with Gasteiger partial charge in [0.2, 0.25) is 5.91 Å². The number of carbonyl (C=O) groups excluding carboxylic acids is 1. The number of hydrogen-bond acceptors (Lipinski definition) is 3. The Hall–Kier alpha value is -1.07. The van der Waals surface area contributed by atoms with Gasteiger partial charge in [-0.3, -0.25) is 4.79 Å². The van der Waals surface area contributed by atoms with E-state index in [1.165, 1.54) is 5.56 Å². The smallest absolute Gasteiger partial charge is 0.234 e. The molecule has 1 amide bonds. The minimum absolute atomic E-state index is 0.0788. The van der Waals surface area contributed by atoms with Gasteiger partial charge in [0.1, 0.15) is 5.75 Å². The molecule has 1 aliphatic heterocycles. The molecule has 0 aromatic heterocycles. The maximum Gasteiger partial charge on any atom is 0.234 e. The molecule has 2 aliphatic rings. The lowest BCUT2D eigenvalue weighted by Crippen LogP contribution is -2.34. The van der Waals surface area contributed by atoms with Crippen LogP contribution in [0.4, 0.5) is 0 Å². The molecule has 5 heteroatoms. The van der Waals surface area contributed by atoms with Gasteiger partial charge in [0, 0.05) is 29.0 Å². The Kier molecular flexibility index (Phi) is 3.75. The van der Waals surface area contributed by atoms with Gasteiger partial charge in [0.05, 0.1) is 13.2 Å². The van der Waals surface area contributed by atoms with Crippen LogP contribution in [0.5, 0.6) is 5.75 Å². The predicted octanol–water partition coefficient (Wildman–Crippen LogP) is 1.75. The Labute approximate surface area is 121 Å². The first kappa shape index (κ1) is 12.9. The van der Waals surface area contributed by atoms with E-state index in [0.29, 0.717) is 19.1 Å². The fourth-order valence-electron chi connectivity index (χ4n) is 2.29. The van der Waals surface area contributed by atoms with Crippen molar-refractivity contribution >= 4 is 21.8 Å². The SMILES string of the molecule is O=C(CNCc1cc(Br)cc2c1OCC2)NC1CC1. The van der Waals surface area contributed by atoms with Crippen LogP contribution in [0.2, 0.25) is 0 Å². The standard InChI is InChI=1S/C14H17BrN2O2/c15-11-5-9-3-4-19-14(9)10(6-11)7-16-8-13(18)17-12-1-2-12/h5-6,12,16H,1-4,7-8H2,(H,17,18). The van der Waals surface area contributed by atoms with E-state index in [0.717, 1.165) is 41.7 Å². The third-order valence-corrected chi connectivity index (χ3v) is 3.83. The van der Waals surface area contributed by atoms with E-state index in [1.54, 1.807) is 0 Å². The summed E-state index contributed by atoms with van der Waals surface area (Å²) in [5.74, 6) is 1.06. The number of nitrogens with one attached hydrogen (secondary N) is 2. The Morgan fingerprint density at radius 3 is 3.05 bits per heavy atom.